The molecule has 4 heterocycles. The summed E-state index contributed by atoms with van der Waals surface area (Å²) < 4.78 is 50.9. The molecule has 3 saturated heterocycles. The normalized spacial score (nSPS) is 37.2. The van der Waals surface area contributed by atoms with E-state index < -0.39 is 111 Å². The fraction of sp³-hybridized carbons (Fsp3) is 0.786. The SMILES string of the molecule is CO[C@]1(C)CC(O[C@H]2[C@H](C)[C@@H](OC3O[C@H](C)C[C@H](N(C)C)[C@H]3O)[C@](C)(O)C[C@@H](C)CN(C)[C@H](C)[C@@H](O)[C@](C)(O)[C@@H](I)OC(=O)[C@@H]2C)OC(C)[C@H]1OC(=O)CCNCCOCCNc1cc2c(=O)c(C(=O)O)cn(C3CC3)c2cc1Cl. The number of benzene rings is 1. The predicted octanol–water partition coefficient (Wildman–Crippen LogP) is 4.54. The van der Waals surface area contributed by atoms with Gasteiger partial charge < -0.3 is 88.4 Å². The molecule has 0 spiro atoms. The van der Waals surface area contributed by atoms with Gasteiger partial charge in [-0.15, -0.1) is 0 Å². The zero-order valence-electron chi connectivity index (χ0n) is 48.7. The van der Waals surface area contributed by atoms with E-state index in [1.807, 2.05) is 71.9 Å². The van der Waals surface area contributed by atoms with E-state index in [-0.39, 0.29) is 67.5 Å². The van der Waals surface area contributed by atoms with Crippen molar-refractivity contribution >= 4 is 68.7 Å². The van der Waals surface area contributed by atoms with Gasteiger partial charge in [0.05, 0.1) is 71.8 Å². The third-order valence-electron chi connectivity index (χ3n) is 16.6. The van der Waals surface area contributed by atoms with Crippen molar-refractivity contribution < 1.29 is 77.8 Å². The number of aliphatic hydroxyl groups is 4. The van der Waals surface area contributed by atoms with Crippen LogP contribution in [0.1, 0.15) is 117 Å². The van der Waals surface area contributed by atoms with E-state index in [0.29, 0.717) is 48.9 Å². The number of aliphatic hydroxyl groups excluding tert-OH is 2. The Bertz CT molecular complexity index is 2490. The van der Waals surface area contributed by atoms with Crippen molar-refractivity contribution in [1.82, 2.24) is 19.7 Å². The van der Waals surface area contributed by atoms with Crippen LogP contribution in [0.2, 0.25) is 5.02 Å². The number of carboxylic acid groups (broad SMARTS) is 1. The highest BCUT2D eigenvalue weighted by Gasteiger charge is 2.54. The van der Waals surface area contributed by atoms with E-state index in [9.17, 15) is 44.7 Å². The van der Waals surface area contributed by atoms with Gasteiger partial charge in [0.25, 0.3) is 0 Å². The molecule has 3 aliphatic heterocycles. The van der Waals surface area contributed by atoms with Crippen LogP contribution in [0.4, 0.5) is 5.69 Å². The summed E-state index contributed by atoms with van der Waals surface area (Å²) in [6.07, 6.45) is -5.00. The molecule has 24 heteroatoms. The first-order chi connectivity index (χ1) is 37.4. The molecule has 1 aliphatic carbocycles. The first-order valence-electron chi connectivity index (χ1n) is 27.9. The van der Waals surface area contributed by atoms with Crippen molar-refractivity contribution in [2.75, 3.05) is 73.0 Å². The van der Waals surface area contributed by atoms with Crippen LogP contribution in [0.3, 0.4) is 0 Å². The third-order valence-corrected chi connectivity index (χ3v) is 18.4. The minimum absolute atomic E-state index is 0.0144. The number of likely N-dealkylation sites (N-methyl/N-ethyl adjacent to an activating group) is 2. The van der Waals surface area contributed by atoms with E-state index in [2.05, 4.69) is 10.6 Å². The second-order valence-electron chi connectivity index (χ2n) is 23.8. The fourth-order valence-corrected chi connectivity index (χ4v) is 12.5. The molecule has 454 valence electrons. The number of esters is 2. The Kier molecular flexibility index (Phi) is 23.1. The molecular formula is C56H89ClIN5O17. The number of hydrogen-bond donors (Lipinski definition) is 7. The Hall–Kier alpha value is -2.86. The molecule has 7 N–H and O–H groups in total. The first-order valence-corrected chi connectivity index (χ1v) is 29.6. The number of fused-ring (bicyclic) bond motifs is 1. The highest BCUT2D eigenvalue weighted by Crippen LogP contribution is 2.42. The molecule has 22 nitrogen and oxygen atoms in total. The van der Waals surface area contributed by atoms with E-state index in [0.717, 1.165) is 12.8 Å². The van der Waals surface area contributed by atoms with Gasteiger partial charge in [0.2, 0.25) is 5.43 Å². The Morgan fingerprint density at radius 2 is 1.62 bits per heavy atom. The number of methoxy groups -OCH3 is 1. The molecular weight excluding hydrogens is 1180 g/mol. The molecule has 0 radical (unpaired) electrons. The van der Waals surface area contributed by atoms with Crippen LogP contribution in [0.5, 0.6) is 0 Å². The lowest BCUT2D eigenvalue weighted by molar-refractivity contribution is -0.318. The Morgan fingerprint density at radius 3 is 2.26 bits per heavy atom. The largest absolute Gasteiger partial charge is 0.477 e. The quantitative estimate of drug-likeness (QED) is 0.0440. The van der Waals surface area contributed by atoms with Crippen LogP contribution in [-0.2, 0) is 47.5 Å². The zero-order chi connectivity index (χ0) is 59.3. The lowest BCUT2D eigenvalue weighted by Gasteiger charge is -2.49. The molecule has 0 bridgehead atoms. The number of aromatic carboxylic acids is 1. The van der Waals surface area contributed by atoms with Gasteiger partial charge in [0.1, 0.15) is 29.0 Å². The Balaban J connectivity index is 1.09. The molecule has 0 amide bonds. The summed E-state index contributed by atoms with van der Waals surface area (Å²) in [5.74, 6) is -4.71. The first kappa shape index (κ1) is 66.3. The van der Waals surface area contributed by atoms with Crippen molar-refractivity contribution in [3.8, 4) is 0 Å². The van der Waals surface area contributed by atoms with Crippen molar-refractivity contribution in [1.29, 1.82) is 0 Å². The highest BCUT2D eigenvalue weighted by molar-refractivity contribution is 14.1. The topological polar surface area (TPSA) is 279 Å². The van der Waals surface area contributed by atoms with E-state index in [1.54, 1.807) is 53.7 Å². The highest BCUT2D eigenvalue weighted by atomic mass is 127. The van der Waals surface area contributed by atoms with Crippen LogP contribution in [-0.4, -0.2) is 214 Å². The zero-order valence-corrected chi connectivity index (χ0v) is 51.6. The molecule has 6 rings (SSSR count). The number of nitrogens with zero attached hydrogens (tertiary/aromatic N) is 3. The van der Waals surface area contributed by atoms with Crippen LogP contribution in [0.15, 0.2) is 23.1 Å². The lowest BCUT2D eigenvalue weighted by atomic mass is 9.77. The van der Waals surface area contributed by atoms with Gasteiger partial charge >= 0.3 is 17.9 Å². The third kappa shape index (κ3) is 15.9. The molecule has 1 aromatic heterocycles. The molecule has 1 aromatic carbocycles. The molecule has 1 saturated carbocycles. The van der Waals surface area contributed by atoms with Crippen molar-refractivity contribution in [2.24, 2.45) is 17.8 Å². The van der Waals surface area contributed by atoms with Crippen LogP contribution in [0, 0.1) is 17.8 Å². The summed E-state index contributed by atoms with van der Waals surface area (Å²) in [4.78, 5) is 56.5. The van der Waals surface area contributed by atoms with Gasteiger partial charge in [-0.25, -0.2) is 4.79 Å². The van der Waals surface area contributed by atoms with E-state index >= 15 is 0 Å². The minimum atomic E-state index is -1.89. The maximum atomic E-state index is 14.4. The van der Waals surface area contributed by atoms with Gasteiger partial charge in [-0.2, -0.15) is 0 Å². The summed E-state index contributed by atoms with van der Waals surface area (Å²) in [6.45, 7) is 17.7. The van der Waals surface area contributed by atoms with Gasteiger partial charge in [-0.3, -0.25) is 14.4 Å². The van der Waals surface area contributed by atoms with Crippen molar-refractivity contribution in [2.45, 2.75) is 195 Å². The number of anilines is 1. The number of cyclic esters (lactones) is 1. The van der Waals surface area contributed by atoms with E-state index in [4.69, 9.17) is 49.5 Å². The van der Waals surface area contributed by atoms with Crippen LogP contribution in [0.25, 0.3) is 10.9 Å². The Morgan fingerprint density at radius 1 is 0.950 bits per heavy atom. The summed E-state index contributed by atoms with van der Waals surface area (Å²) in [5.41, 5.74) is -4.48. The molecule has 4 aliphatic rings. The number of hydrogen-bond acceptors (Lipinski definition) is 20. The maximum Gasteiger partial charge on any atom is 0.341 e. The minimum Gasteiger partial charge on any atom is -0.477 e. The summed E-state index contributed by atoms with van der Waals surface area (Å²) >= 11 is 8.41. The van der Waals surface area contributed by atoms with Gasteiger partial charge in [-0.05, 0) is 136 Å². The standard InChI is InChI=1S/C56H89ClIN5O17/c1-29-25-54(7,71)48(79-52-45(66)41(61(10)11)22-30(2)75-52)31(3)46(32(4)51(70)80-53(58)56(9,72)47(67)33(5)62(12)27-29)78-43-26-55(8,73-13)49(34(6)76-43)77-42(64)16-17-59-18-20-74-21-19-60-39-23-36-40(24-38(39)57)63(35-14-15-35)28-37(44(36)65)50(68)69/h23-24,28-35,41,43,45-49,52-53,59-60,66-67,71-72H,14-22,25-27H2,1-13H3,(H,68,69)/t29-,30-,31+,32-,33-,34?,41+,43?,45-,46+,47-,48-,49-,52?,53+,54-,55-,56+/m1/s1. The van der Waals surface area contributed by atoms with Gasteiger partial charge in [-0.1, -0.05) is 25.4 Å². The number of alkyl halides is 1. The number of halogens is 2. The smallest absolute Gasteiger partial charge is 0.341 e. The average molecular weight is 1270 g/mol. The number of nitrogens with one attached hydrogen (secondary N) is 2. The molecule has 2 aromatic rings. The van der Waals surface area contributed by atoms with Gasteiger partial charge in [0, 0.05) is 75.3 Å². The number of ether oxygens (including phenoxy) is 8. The van der Waals surface area contributed by atoms with E-state index in [1.165, 1.54) is 20.2 Å². The number of carbonyl (C=O) groups excluding carboxylic acids is 2. The average Bonchev–Trinajstić information content (AvgIpc) is 4.23. The number of rotatable bonds is 19. The van der Waals surface area contributed by atoms with Crippen LogP contribution < -0.4 is 16.1 Å². The lowest BCUT2D eigenvalue weighted by Crippen LogP contribution is -2.61. The van der Waals surface area contributed by atoms with Crippen LogP contribution >= 0.6 is 34.2 Å². The number of pyridine rings is 1. The summed E-state index contributed by atoms with van der Waals surface area (Å²) in [5, 5.41) is 64.4. The second-order valence-corrected chi connectivity index (χ2v) is 25.3. The molecule has 4 fully saturated rings. The second kappa shape index (κ2) is 27.9. The monoisotopic (exact) mass is 1270 g/mol. The van der Waals surface area contributed by atoms with Crippen molar-refractivity contribution in [3.63, 3.8) is 0 Å². The molecule has 3 unspecified atom stereocenters. The number of aromatic nitrogens is 1. The fourth-order valence-electron chi connectivity index (χ4n) is 11.7. The summed E-state index contributed by atoms with van der Waals surface area (Å²) in [7, 11) is 7.04. The number of carboxylic acids is 1. The Labute approximate surface area is 488 Å². The van der Waals surface area contributed by atoms with Crippen molar-refractivity contribution in [3.05, 3.63) is 39.1 Å². The predicted molar refractivity (Wildman–Crippen MR) is 307 cm³/mol. The maximum absolute atomic E-state index is 14.4. The van der Waals surface area contributed by atoms with Gasteiger partial charge in [0.15, 0.2) is 22.8 Å². The molecule has 18 atom stereocenters. The number of carbonyl (C=O) groups is 3. The summed E-state index contributed by atoms with van der Waals surface area (Å²) in [6, 6.07) is 2.47. The molecule has 80 heavy (non-hydrogen) atoms.